The van der Waals surface area contributed by atoms with Crippen LogP contribution in [0.4, 0.5) is 5.69 Å². The minimum absolute atomic E-state index is 1.03. The van der Waals surface area contributed by atoms with Crippen molar-refractivity contribution in [2.24, 2.45) is 4.99 Å². The molecule has 0 aliphatic heterocycles. The molecule has 0 aliphatic carbocycles. The van der Waals surface area contributed by atoms with E-state index >= 15 is 0 Å². The van der Waals surface area contributed by atoms with Crippen LogP contribution in [-0.4, -0.2) is 33.9 Å². The standard InChI is InChI=1S/C15H23N3/c1-11(12(2)16-3)15(17-4)13-8-7-9-14(10-13)18(5)6/h7-10,16H,1-6H3/b12-11+,17-15?. The van der Waals surface area contributed by atoms with Crippen molar-refractivity contribution in [1.29, 1.82) is 0 Å². The number of nitrogens with one attached hydrogen (secondary N) is 1. The quantitative estimate of drug-likeness (QED) is 0.826. The molecule has 0 saturated heterocycles. The molecule has 0 radical (unpaired) electrons. The number of hydrogen-bond donors (Lipinski definition) is 1. The number of allylic oxidation sites excluding steroid dienone is 2. The zero-order chi connectivity index (χ0) is 13.7. The van der Waals surface area contributed by atoms with Crippen LogP contribution in [0.25, 0.3) is 0 Å². The van der Waals surface area contributed by atoms with Crippen molar-refractivity contribution < 1.29 is 0 Å². The smallest absolute Gasteiger partial charge is 0.0690 e. The van der Waals surface area contributed by atoms with Gasteiger partial charge in [0.1, 0.15) is 0 Å². The Labute approximate surface area is 110 Å². The molecule has 0 spiro atoms. The van der Waals surface area contributed by atoms with Crippen LogP contribution in [0.2, 0.25) is 0 Å². The molecule has 0 fully saturated rings. The first kappa shape index (κ1) is 14.3. The molecule has 18 heavy (non-hydrogen) atoms. The fourth-order valence-corrected chi connectivity index (χ4v) is 1.81. The van der Waals surface area contributed by atoms with Crippen LogP contribution in [0.15, 0.2) is 40.5 Å². The predicted octanol–water partition coefficient (Wildman–Crippen LogP) is 2.68. The van der Waals surface area contributed by atoms with Gasteiger partial charge in [0.2, 0.25) is 0 Å². The molecule has 0 saturated carbocycles. The van der Waals surface area contributed by atoms with Crippen molar-refractivity contribution in [3.05, 3.63) is 41.1 Å². The Morgan fingerprint density at radius 2 is 1.89 bits per heavy atom. The average molecular weight is 245 g/mol. The molecule has 0 aromatic heterocycles. The van der Waals surface area contributed by atoms with Gasteiger partial charge < -0.3 is 10.2 Å². The Balaban J connectivity index is 3.23. The van der Waals surface area contributed by atoms with Crippen molar-refractivity contribution in [3.63, 3.8) is 0 Å². The van der Waals surface area contributed by atoms with Crippen LogP contribution < -0.4 is 10.2 Å². The van der Waals surface area contributed by atoms with E-state index in [4.69, 9.17) is 0 Å². The summed E-state index contributed by atoms with van der Waals surface area (Å²) in [5, 5.41) is 3.17. The van der Waals surface area contributed by atoms with Crippen LogP contribution >= 0.6 is 0 Å². The third kappa shape index (κ3) is 3.13. The second kappa shape index (κ2) is 6.24. The summed E-state index contributed by atoms with van der Waals surface area (Å²) in [4.78, 5) is 6.53. The summed E-state index contributed by atoms with van der Waals surface area (Å²) in [6.45, 7) is 4.16. The summed E-state index contributed by atoms with van der Waals surface area (Å²) in [5.41, 5.74) is 5.69. The van der Waals surface area contributed by atoms with Gasteiger partial charge in [0, 0.05) is 45.1 Å². The number of anilines is 1. The van der Waals surface area contributed by atoms with E-state index in [0.717, 1.165) is 17.0 Å². The first-order valence-corrected chi connectivity index (χ1v) is 6.11. The molecule has 0 aliphatic rings. The molecule has 0 bridgehead atoms. The van der Waals surface area contributed by atoms with E-state index in [1.807, 2.05) is 28.2 Å². The average Bonchev–Trinajstić information content (AvgIpc) is 2.38. The summed E-state index contributed by atoms with van der Waals surface area (Å²) < 4.78 is 0. The highest BCUT2D eigenvalue weighted by Gasteiger charge is 2.08. The van der Waals surface area contributed by atoms with Crippen LogP contribution in [-0.2, 0) is 0 Å². The van der Waals surface area contributed by atoms with E-state index in [-0.39, 0.29) is 0 Å². The zero-order valence-electron chi connectivity index (χ0n) is 12.2. The van der Waals surface area contributed by atoms with E-state index in [2.05, 4.69) is 53.3 Å². The van der Waals surface area contributed by atoms with E-state index in [0.29, 0.717) is 0 Å². The summed E-state index contributed by atoms with van der Waals surface area (Å²) in [6.07, 6.45) is 0. The van der Waals surface area contributed by atoms with Crippen molar-refractivity contribution in [2.75, 3.05) is 33.1 Å². The van der Waals surface area contributed by atoms with Gasteiger partial charge in [-0.05, 0) is 31.6 Å². The van der Waals surface area contributed by atoms with Crippen molar-refractivity contribution >= 4 is 11.4 Å². The minimum atomic E-state index is 1.03. The maximum absolute atomic E-state index is 4.43. The van der Waals surface area contributed by atoms with Crippen LogP contribution in [0.3, 0.4) is 0 Å². The van der Waals surface area contributed by atoms with Gasteiger partial charge in [0.15, 0.2) is 0 Å². The van der Waals surface area contributed by atoms with Gasteiger partial charge in [-0.2, -0.15) is 0 Å². The molecule has 1 N–H and O–H groups in total. The molecule has 1 aromatic carbocycles. The molecular weight excluding hydrogens is 222 g/mol. The zero-order valence-corrected chi connectivity index (χ0v) is 12.2. The van der Waals surface area contributed by atoms with Gasteiger partial charge in [-0.3, -0.25) is 4.99 Å². The van der Waals surface area contributed by atoms with E-state index < -0.39 is 0 Å². The molecule has 3 nitrogen and oxygen atoms in total. The molecule has 3 heteroatoms. The van der Waals surface area contributed by atoms with Gasteiger partial charge in [-0.25, -0.2) is 0 Å². The normalized spacial score (nSPS) is 13.1. The number of hydrogen-bond acceptors (Lipinski definition) is 3. The largest absolute Gasteiger partial charge is 0.391 e. The van der Waals surface area contributed by atoms with Gasteiger partial charge in [0.25, 0.3) is 0 Å². The van der Waals surface area contributed by atoms with Gasteiger partial charge >= 0.3 is 0 Å². The number of nitrogens with zero attached hydrogens (tertiary/aromatic N) is 2. The van der Waals surface area contributed by atoms with Gasteiger partial charge in [-0.1, -0.05) is 12.1 Å². The van der Waals surface area contributed by atoms with E-state index in [1.54, 1.807) is 0 Å². The lowest BCUT2D eigenvalue weighted by molar-refractivity contribution is 0.973. The highest BCUT2D eigenvalue weighted by atomic mass is 15.1. The molecule has 0 unspecified atom stereocenters. The number of rotatable bonds is 4. The third-order valence-corrected chi connectivity index (χ3v) is 3.15. The van der Waals surface area contributed by atoms with Crippen LogP contribution in [0, 0.1) is 0 Å². The molecule has 1 aromatic rings. The van der Waals surface area contributed by atoms with Crippen molar-refractivity contribution in [2.45, 2.75) is 13.8 Å². The predicted molar refractivity (Wildman–Crippen MR) is 80.7 cm³/mol. The van der Waals surface area contributed by atoms with E-state index in [9.17, 15) is 0 Å². The lowest BCUT2D eigenvalue weighted by Gasteiger charge is -2.15. The van der Waals surface area contributed by atoms with Gasteiger partial charge in [-0.15, -0.1) is 0 Å². The maximum Gasteiger partial charge on any atom is 0.0690 e. The van der Waals surface area contributed by atoms with E-state index in [1.165, 1.54) is 11.3 Å². The first-order valence-electron chi connectivity index (χ1n) is 6.11. The summed E-state index contributed by atoms with van der Waals surface area (Å²) in [7, 11) is 7.86. The highest BCUT2D eigenvalue weighted by Crippen LogP contribution is 2.18. The summed E-state index contributed by atoms with van der Waals surface area (Å²) in [6, 6.07) is 8.43. The molecular formula is C15H23N3. The Kier molecular flexibility index (Phi) is 4.95. The molecule has 0 atom stereocenters. The summed E-state index contributed by atoms with van der Waals surface area (Å²) in [5.74, 6) is 0. The number of aliphatic imine (C=N–C) groups is 1. The second-order valence-corrected chi connectivity index (χ2v) is 4.52. The second-order valence-electron chi connectivity index (χ2n) is 4.52. The topological polar surface area (TPSA) is 27.6 Å². The summed E-state index contributed by atoms with van der Waals surface area (Å²) >= 11 is 0. The maximum atomic E-state index is 4.43. The van der Waals surface area contributed by atoms with Crippen LogP contribution in [0.1, 0.15) is 19.4 Å². The lowest BCUT2D eigenvalue weighted by atomic mass is 10.0. The molecule has 98 valence electrons. The monoisotopic (exact) mass is 245 g/mol. The van der Waals surface area contributed by atoms with Crippen molar-refractivity contribution in [3.8, 4) is 0 Å². The Bertz CT molecular complexity index is 470. The Hall–Kier alpha value is -1.77. The molecule has 0 heterocycles. The highest BCUT2D eigenvalue weighted by molar-refractivity contribution is 6.13. The van der Waals surface area contributed by atoms with Crippen molar-refractivity contribution in [1.82, 2.24) is 5.32 Å². The Morgan fingerprint density at radius 3 is 2.39 bits per heavy atom. The molecule has 0 amide bonds. The van der Waals surface area contributed by atoms with Crippen LogP contribution in [0.5, 0.6) is 0 Å². The fraction of sp³-hybridized carbons (Fsp3) is 0.400. The SMILES string of the molecule is CN=C(/C(C)=C(\C)NC)c1cccc(N(C)C)c1. The molecule has 1 rings (SSSR count). The number of benzene rings is 1. The Morgan fingerprint density at radius 1 is 1.22 bits per heavy atom. The first-order chi connectivity index (χ1) is 8.51. The fourth-order valence-electron chi connectivity index (χ4n) is 1.81. The lowest BCUT2D eigenvalue weighted by Crippen LogP contribution is -2.13. The minimum Gasteiger partial charge on any atom is -0.391 e. The third-order valence-electron chi connectivity index (χ3n) is 3.15. The van der Waals surface area contributed by atoms with Gasteiger partial charge in [0.05, 0.1) is 5.71 Å².